The van der Waals surface area contributed by atoms with E-state index < -0.39 is 0 Å². The molecule has 21 heavy (non-hydrogen) atoms. The molecule has 0 aliphatic carbocycles. The van der Waals surface area contributed by atoms with E-state index in [9.17, 15) is 4.79 Å². The molecule has 1 heterocycles. The van der Waals surface area contributed by atoms with Crippen LogP contribution in [0.5, 0.6) is 5.75 Å². The van der Waals surface area contributed by atoms with E-state index in [-0.39, 0.29) is 12.5 Å². The van der Waals surface area contributed by atoms with Crippen molar-refractivity contribution >= 4 is 34.3 Å². The zero-order chi connectivity index (χ0) is 15.4. The summed E-state index contributed by atoms with van der Waals surface area (Å²) < 4.78 is 6.58. The predicted octanol–water partition coefficient (Wildman–Crippen LogP) is 3.63. The Morgan fingerprint density at radius 2 is 2.00 bits per heavy atom. The van der Waals surface area contributed by atoms with Crippen molar-refractivity contribution < 1.29 is 9.53 Å². The van der Waals surface area contributed by atoms with Crippen molar-refractivity contribution in [1.29, 1.82) is 0 Å². The first-order chi connectivity index (χ1) is 9.95. The van der Waals surface area contributed by atoms with Gasteiger partial charge in [-0.05, 0) is 66.6 Å². The summed E-state index contributed by atoms with van der Waals surface area (Å²) in [5.41, 5.74) is 3.12. The summed E-state index contributed by atoms with van der Waals surface area (Å²) in [4.78, 5) is 16.1. The first-order valence-corrected chi connectivity index (χ1v) is 7.65. The Bertz CT molecular complexity index is 671. The molecule has 1 aromatic heterocycles. The Balaban J connectivity index is 1.96. The molecule has 110 valence electrons. The molecule has 0 radical (unpaired) electrons. The predicted molar refractivity (Wildman–Crippen MR) is 91.7 cm³/mol. The summed E-state index contributed by atoms with van der Waals surface area (Å²) in [6, 6.07) is 7.84. The van der Waals surface area contributed by atoms with Gasteiger partial charge in [0.2, 0.25) is 0 Å². The number of nitrogens with one attached hydrogen (secondary N) is 1. The van der Waals surface area contributed by atoms with Gasteiger partial charge in [-0.2, -0.15) is 0 Å². The molecule has 0 bridgehead atoms. The minimum atomic E-state index is -0.216. The topological polar surface area (TPSA) is 51.2 Å². The lowest BCUT2D eigenvalue weighted by molar-refractivity contribution is -0.118. The molecular formula is C16H17IN2O2. The number of pyridine rings is 1. The van der Waals surface area contributed by atoms with Gasteiger partial charge in [-0.15, -0.1) is 0 Å². The molecule has 2 rings (SSSR count). The van der Waals surface area contributed by atoms with Gasteiger partial charge in [-0.25, -0.2) is 4.98 Å². The normalized spacial score (nSPS) is 10.3. The third-order valence-electron chi connectivity index (χ3n) is 2.99. The minimum Gasteiger partial charge on any atom is -0.483 e. The van der Waals surface area contributed by atoms with Crippen LogP contribution in [0.25, 0.3) is 0 Å². The van der Waals surface area contributed by atoms with Crippen LogP contribution in [-0.2, 0) is 4.79 Å². The van der Waals surface area contributed by atoms with Gasteiger partial charge in [0.25, 0.3) is 5.91 Å². The lowest BCUT2D eigenvalue weighted by Crippen LogP contribution is -2.21. The molecule has 0 saturated heterocycles. The number of anilines is 1. The van der Waals surface area contributed by atoms with Gasteiger partial charge in [0.1, 0.15) is 11.6 Å². The number of benzene rings is 1. The first-order valence-electron chi connectivity index (χ1n) is 6.58. The number of hydrogen-bond acceptors (Lipinski definition) is 3. The molecule has 0 aliphatic rings. The highest BCUT2D eigenvalue weighted by molar-refractivity contribution is 14.1. The summed E-state index contributed by atoms with van der Waals surface area (Å²) in [7, 11) is 0. The maximum Gasteiger partial charge on any atom is 0.263 e. The van der Waals surface area contributed by atoms with Gasteiger partial charge in [0.05, 0.1) is 0 Å². The highest BCUT2D eigenvalue weighted by Crippen LogP contribution is 2.19. The third-order valence-corrected chi connectivity index (χ3v) is 3.58. The van der Waals surface area contributed by atoms with Gasteiger partial charge in [-0.3, -0.25) is 4.79 Å². The van der Waals surface area contributed by atoms with E-state index in [2.05, 4.69) is 32.9 Å². The largest absolute Gasteiger partial charge is 0.483 e. The zero-order valence-electron chi connectivity index (χ0n) is 12.2. The van der Waals surface area contributed by atoms with Crippen molar-refractivity contribution in [3.05, 3.63) is 50.7 Å². The minimum absolute atomic E-state index is 0.0307. The summed E-state index contributed by atoms with van der Waals surface area (Å²) >= 11 is 2.19. The third kappa shape index (κ3) is 4.42. The lowest BCUT2D eigenvalue weighted by Gasteiger charge is -2.11. The van der Waals surface area contributed by atoms with Crippen LogP contribution in [0.1, 0.15) is 16.7 Å². The van der Waals surface area contributed by atoms with Crippen LogP contribution in [0, 0.1) is 24.3 Å². The molecule has 4 nitrogen and oxygen atoms in total. The van der Waals surface area contributed by atoms with Crippen LogP contribution >= 0.6 is 22.6 Å². The highest BCUT2D eigenvalue weighted by Gasteiger charge is 2.08. The molecule has 1 aromatic carbocycles. The van der Waals surface area contributed by atoms with Gasteiger partial charge < -0.3 is 10.1 Å². The number of carbonyl (C=O) groups is 1. The Morgan fingerprint density at radius 3 is 2.67 bits per heavy atom. The standard InChI is InChI=1S/C16H17IN2O2/c1-10-4-5-14(11(2)6-10)21-9-15(20)19-16-12(3)7-13(17)8-18-16/h4-8H,9H2,1-3H3,(H,18,19,20). The fraction of sp³-hybridized carbons (Fsp3) is 0.250. The SMILES string of the molecule is Cc1ccc(OCC(=O)Nc2ncc(I)cc2C)c(C)c1. The number of aromatic nitrogens is 1. The van der Waals surface area contributed by atoms with Crippen LogP contribution in [-0.4, -0.2) is 17.5 Å². The van der Waals surface area contributed by atoms with E-state index in [1.165, 1.54) is 5.56 Å². The molecule has 5 heteroatoms. The van der Waals surface area contributed by atoms with Crippen molar-refractivity contribution in [2.45, 2.75) is 20.8 Å². The highest BCUT2D eigenvalue weighted by atomic mass is 127. The van der Waals surface area contributed by atoms with Crippen molar-refractivity contribution in [3.8, 4) is 5.75 Å². The van der Waals surface area contributed by atoms with E-state index in [4.69, 9.17) is 4.74 Å². The molecule has 1 amide bonds. The molecule has 0 aliphatic heterocycles. The first kappa shape index (κ1) is 15.8. The number of rotatable bonds is 4. The number of amides is 1. The monoisotopic (exact) mass is 396 g/mol. The molecule has 0 atom stereocenters. The van der Waals surface area contributed by atoms with Gasteiger partial charge in [-0.1, -0.05) is 17.7 Å². The van der Waals surface area contributed by atoms with Crippen molar-refractivity contribution in [3.63, 3.8) is 0 Å². The smallest absolute Gasteiger partial charge is 0.263 e. The van der Waals surface area contributed by atoms with Crippen LogP contribution in [0.4, 0.5) is 5.82 Å². The molecular weight excluding hydrogens is 379 g/mol. The van der Waals surface area contributed by atoms with E-state index in [1.807, 2.05) is 45.0 Å². The van der Waals surface area contributed by atoms with Crippen LogP contribution < -0.4 is 10.1 Å². The van der Waals surface area contributed by atoms with Crippen molar-refractivity contribution in [2.75, 3.05) is 11.9 Å². The molecule has 0 unspecified atom stereocenters. The molecule has 0 spiro atoms. The van der Waals surface area contributed by atoms with E-state index in [0.29, 0.717) is 5.82 Å². The lowest BCUT2D eigenvalue weighted by atomic mass is 10.1. The fourth-order valence-corrected chi connectivity index (χ4v) is 2.55. The number of halogens is 1. The Morgan fingerprint density at radius 1 is 1.24 bits per heavy atom. The summed E-state index contributed by atoms with van der Waals surface area (Å²) in [5.74, 6) is 1.08. The second-order valence-electron chi connectivity index (χ2n) is 4.92. The van der Waals surface area contributed by atoms with Gasteiger partial charge in [0, 0.05) is 9.77 Å². The molecule has 0 saturated carbocycles. The summed E-state index contributed by atoms with van der Waals surface area (Å²) in [6.07, 6.45) is 1.72. The molecule has 0 fully saturated rings. The summed E-state index contributed by atoms with van der Waals surface area (Å²) in [5, 5.41) is 2.76. The number of nitrogens with zero attached hydrogens (tertiary/aromatic N) is 1. The van der Waals surface area contributed by atoms with E-state index in [1.54, 1.807) is 6.20 Å². The molecule has 2 aromatic rings. The Kier molecular flexibility index (Phi) is 5.17. The Hall–Kier alpha value is -1.63. The van der Waals surface area contributed by atoms with E-state index >= 15 is 0 Å². The van der Waals surface area contributed by atoms with Crippen molar-refractivity contribution in [2.24, 2.45) is 0 Å². The van der Waals surface area contributed by atoms with Crippen LogP contribution in [0.3, 0.4) is 0 Å². The fourth-order valence-electron chi connectivity index (χ4n) is 1.94. The van der Waals surface area contributed by atoms with Crippen LogP contribution in [0.2, 0.25) is 0 Å². The van der Waals surface area contributed by atoms with E-state index in [0.717, 1.165) is 20.4 Å². The zero-order valence-corrected chi connectivity index (χ0v) is 14.4. The van der Waals surface area contributed by atoms with Gasteiger partial charge >= 0.3 is 0 Å². The molecule has 1 N–H and O–H groups in total. The summed E-state index contributed by atoms with van der Waals surface area (Å²) in [6.45, 7) is 5.87. The maximum atomic E-state index is 11.9. The average Bonchev–Trinajstić information content (AvgIpc) is 2.41. The van der Waals surface area contributed by atoms with Crippen LogP contribution in [0.15, 0.2) is 30.5 Å². The quantitative estimate of drug-likeness (QED) is 0.804. The Labute approximate surface area is 138 Å². The second-order valence-corrected chi connectivity index (χ2v) is 6.17. The number of hydrogen-bond donors (Lipinski definition) is 1. The second kappa shape index (κ2) is 6.89. The maximum absolute atomic E-state index is 11.9. The average molecular weight is 396 g/mol. The van der Waals surface area contributed by atoms with Crippen molar-refractivity contribution in [1.82, 2.24) is 4.98 Å². The number of ether oxygens (including phenoxy) is 1. The van der Waals surface area contributed by atoms with Gasteiger partial charge in [0.15, 0.2) is 6.61 Å². The number of carbonyl (C=O) groups excluding carboxylic acids is 1. The number of aryl methyl sites for hydroxylation is 3.